The lowest BCUT2D eigenvalue weighted by Crippen LogP contribution is -2.10. The second kappa shape index (κ2) is 7.17. The number of benzene rings is 1. The average Bonchev–Trinajstić information content (AvgIpc) is 2.48. The lowest BCUT2D eigenvalue weighted by Gasteiger charge is -2.11. The molecule has 21 heavy (non-hydrogen) atoms. The monoisotopic (exact) mass is 350 g/mol. The van der Waals surface area contributed by atoms with Gasteiger partial charge in [-0.2, -0.15) is 4.98 Å². The van der Waals surface area contributed by atoms with Gasteiger partial charge in [-0.3, -0.25) is 0 Å². The zero-order valence-electron chi connectivity index (χ0n) is 11.8. The molecule has 1 heterocycles. The number of nitrogens with zero attached hydrogens (tertiary/aromatic N) is 2. The molecule has 0 unspecified atom stereocenters. The maximum Gasteiger partial charge on any atom is 0.341 e. The van der Waals surface area contributed by atoms with Crippen molar-refractivity contribution in [2.24, 2.45) is 0 Å². The summed E-state index contributed by atoms with van der Waals surface area (Å²) in [6.45, 7) is 4.35. The highest BCUT2D eigenvalue weighted by Gasteiger charge is 2.19. The minimum absolute atomic E-state index is 0.233. The Balaban J connectivity index is 2.56. The lowest BCUT2D eigenvalue weighted by molar-refractivity contribution is 0.0526. The summed E-state index contributed by atoms with van der Waals surface area (Å²) in [4.78, 5) is 20.4. The minimum atomic E-state index is -0.452. The Bertz CT molecular complexity index is 647. The number of rotatable bonds is 5. The van der Waals surface area contributed by atoms with Crippen molar-refractivity contribution in [2.75, 3.05) is 13.2 Å². The smallest absolute Gasteiger partial charge is 0.341 e. The molecule has 6 heteroatoms. The predicted octanol–water partition coefficient (Wildman–Crippen LogP) is 3.48. The zero-order valence-corrected chi connectivity index (χ0v) is 13.4. The second-order valence-corrected chi connectivity index (χ2v) is 4.90. The molecule has 0 saturated heterocycles. The van der Waals surface area contributed by atoms with Gasteiger partial charge in [-0.15, -0.1) is 0 Å². The molecule has 0 N–H and O–H groups in total. The van der Waals surface area contributed by atoms with Crippen molar-refractivity contribution in [1.82, 2.24) is 9.97 Å². The molecule has 0 aliphatic heterocycles. The van der Waals surface area contributed by atoms with Crippen LogP contribution in [0.2, 0.25) is 0 Å². The summed E-state index contributed by atoms with van der Waals surface area (Å²) in [7, 11) is 0. The Morgan fingerprint density at radius 1 is 1.24 bits per heavy atom. The van der Waals surface area contributed by atoms with E-state index in [1.807, 2.05) is 31.2 Å². The van der Waals surface area contributed by atoms with Crippen LogP contribution in [-0.4, -0.2) is 29.2 Å². The quantitative estimate of drug-likeness (QED) is 0.772. The summed E-state index contributed by atoms with van der Waals surface area (Å²) < 4.78 is 11.2. The molecule has 0 bridgehead atoms. The molecule has 110 valence electrons. The van der Waals surface area contributed by atoms with Crippen LogP contribution in [0.15, 0.2) is 34.9 Å². The summed E-state index contributed by atoms with van der Waals surface area (Å²) in [5.74, 6) is -0.452. The molecule has 0 aliphatic rings. The number of carbonyl (C=O) groups excluding carboxylic acids is 1. The van der Waals surface area contributed by atoms with Crippen molar-refractivity contribution in [2.45, 2.75) is 13.8 Å². The third kappa shape index (κ3) is 3.58. The minimum Gasteiger partial charge on any atom is -0.464 e. The van der Waals surface area contributed by atoms with E-state index in [0.29, 0.717) is 24.5 Å². The molecule has 0 radical (unpaired) electrons. The summed E-state index contributed by atoms with van der Waals surface area (Å²) in [5.41, 5.74) is 1.58. The van der Waals surface area contributed by atoms with Gasteiger partial charge in [-0.1, -0.05) is 34.1 Å². The van der Waals surface area contributed by atoms with E-state index in [1.165, 1.54) is 6.20 Å². The van der Waals surface area contributed by atoms with E-state index < -0.39 is 5.97 Å². The Morgan fingerprint density at radius 2 is 2.00 bits per heavy atom. The summed E-state index contributed by atoms with van der Waals surface area (Å²) >= 11 is 3.47. The van der Waals surface area contributed by atoms with Crippen LogP contribution in [0, 0.1) is 0 Å². The molecule has 1 aromatic heterocycles. The Hall–Kier alpha value is -1.95. The standard InChI is InChI=1S/C15H15BrN2O3/c1-3-20-14(19)11-9-17-15(21-4-2)18-13(11)10-7-5-6-8-12(10)16/h5-9H,3-4H2,1-2H3. The van der Waals surface area contributed by atoms with Crippen LogP contribution < -0.4 is 4.74 Å². The largest absolute Gasteiger partial charge is 0.464 e. The summed E-state index contributed by atoms with van der Waals surface area (Å²) in [6.07, 6.45) is 1.44. The number of ether oxygens (including phenoxy) is 2. The molecule has 2 aromatic rings. The molecule has 0 amide bonds. The van der Waals surface area contributed by atoms with Crippen molar-refractivity contribution in [3.8, 4) is 17.3 Å². The number of esters is 1. The number of carbonyl (C=O) groups is 1. The fraction of sp³-hybridized carbons (Fsp3) is 0.267. The number of hydrogen-bond donors (Lipinski definition) is 0. The molecule has 0 spiro atoms. The average molecular weight is 351 g/mol. The van der Waals surface area contributed by atoms with Crippen LogP contribution in [0.25, 0.3) is 11.3 Å². The number of halogens is 1. The van der Waals surface area contributed by atoms with E-state index in [9.17, 15) is 4.79 Å². The first kappa shape index (κ1) is 15.4. The summed E-state index contributed by atoms with van der Waals surface area (Å²) in [6, 6.07) is 7.74. The van der Waals surface area contributed by atoms with E-state index in [2.05, 4.69) is 25.9 Å². The van der Waals surface area contributed by atoms with E-state index >= 15 is 0 Å². The van der Waals surface area contributed by atoms with E-state index in [4.69, 9.17) is 9.47 Å². The molecule has 0 fully saturated rings. The molecule has 1 aromatic carbocycles. The first-order valence-corrected chi connectivity index (χ1v) is 7.38. The van der Waals surface area contributed by atoms with Crippen LogP contribution >= 0.6 is 15.9 Å². The molecule has 0 atom stereocenters. The topological polar surface area (TPSA) is 61.3 Å². The lowest BCUT2D eigenvalue weighted by atomic mass is 10.1. The number of hydrogen-bond acceptors (Lipinski definition) is 5. The Labute approximate surface area is 131 Å². The van der Waals surface area contributed by atoms with Crippen molar-refractivity contribution in [3.63, 3.8) is 0 Å². The Kier molecular flexibility index (Phi) is 5.27. The zero-order chi connectivity index (χ0) is 15.2. The van der Waals surface area contributed by atoms with E-state index in [1.54, 1.807) is 6.92 Å². The number of aromatic nitrogens is 2. The van der Waals surface area contributed by atoms with Gasteiger partial charge in [0.25, 0.3) is 0 Å². The van der Waals surface area contributed by atoms with Gasteiger partial charge in [0, 0.05) is 16.2 Å². The predicted molar refractivity (Wildman–Crippen MR) is 82.3 cm³/mol. The highest BCUT2D eigenvalue weighted by Crippen LogP contribution is 2.30. The van der Waals surface area contributed by atoms with Crippen LogP contribution in [0.1, 0.15) is 24.2 Å². The fourth-order valence-corrected chi connectivity index (χ4v) is 2.25. The third-order valence-electron chi connectivity index (χ3n) is 2.66. The first-order valence-electron chi connectivity index (χ1n) is 6.59. The molecule has 0 aliphatic carbocycles. The van der Waals surface area contributed by atoms with Crippen molar-refractivity contribution in [1.29, 1.82) is 0 Å². The van der Waals surface area contributed by atoms with Gasteiger partial charge in [0.15, 0.2) is 0 Å². The maximum atomic E-state index is 12.1. The SMILES string of the molecule is CCOC(=O)c1cnc(OCC)nc1-c1ccccc1Br. The summed E-state index contributed by atoms with van der Waals surface area (Å²) in [5, 5.41) is 0. The molecular weight excluding hydrogens is 336 g/mol. The Morgan fingerprint density at radius 3 is 2.67 bits per heavy atom. The van der Waals surface area contributed by atoms with Gasteiger partial charge < -0.3 is 9.47 Å². The van der Waals surface area contributed by atoms with Crippen molar-refractivity contribution >= 4 is 21.9 Å². The normalized spacial score (nSPS) is 10.2. The van der Waals surface area contributed by atoms with Gasteiger partial charge in [0.2, 0.25) is 0 Å². The van der Waals surface area contributed by atoms with Crippen molar-refractivity contribution < 1.29 is 14.3 Å². The van der Waals surface area contributed by atoms with Gasteiger partial charge >= 0.3 is 12.0 Å². The maximum absolute atomic E-state index is 12.1. The molecule has 5 nitrogen and oxygen atoms in total. The van der Waals surface area contributed by atoms with Crippen LogP contribution in [-0.2, 0) is 4.74 Å². The van der Waals surface area contributed by atoms with Gasteiger partial charge in [-0.25, -0.2) is 9.78 Å². The van der Waals surface area contributed by atoms with Gasteiger partial charge in [0.05, 0.1) is 18.9 Å². The molecular formula is C15H15BrN2O3. The van der Waals surface area contributed by atoms with Gasteiger partial charge in [-0.05, 0) is 19.9 Å². The van der Waals surface area contributed by atoms with E-state index in [-0.39, 0.29) is 6.01 Å². The van der Waals surface area contributed by atoms with Crippen molar-refractivity contribution in [3.05, 3.63) is 40.5 Å². The highest BCUT2D eigenvalue weighted by molar-refractivity contribution is 9.10. The second-order valence-electron chi connectivity index (χ2n) is 4.05. The fourth-order valence-electron chi connectivity index (χ4n) is 1.78. The van der Waals surface area contributed by atoms with Crippen LogP contribution in [0.4, 0.5) is 0 Å². The van der Waals surface area contributed by atoms with Crippen LogP contribution in [0.3, 0.4) is 0 Å². The third-order valence-corrected chi connectivity index (χ3v) is 3.36. The van der Waals surface area contributed by atoms with Gasteiger partial charge in [0.1, 0.15) is 5.56 Å². The molecule has 2 rings (SSSR count). The molecule has 0 saturated carbocycles. The van der Waals surface area contributed by atoms with E-state index in [0.717, 1.165) is 10.0 Å². The first-order chi connectivity index (χ1) is 10.2. The van der Waals surface area contributed by atoms with Crippen LogP contribution in [0.5, 0.6) is 6.01 Å². The highest BCUT2D eigenvalue weighted by atomic mass is 79.9.